The smallest absolute Gasteiger partial charge is 0.307 e. The van der Waals surface area contributed by atoms with Gasteiger partial charge in [0.05, 0.1) is 5.92 Å². The zero-order valence-electron chi connectivity index (χ0n) is 12.1. The molecule has 1 saturated heterocycles. The van der Waals surface area contributed by atoms with Gasteiger partial charge in [-0.25, -0.2) is 0 Å². The van der Waals surface area contributed by atoms with Crippen LogP contribution in [-0.2, 0) is 9.59 Å². The van der Waals surface area contributed by atoms with Crippen LogP contribution in [-0.4, -0.2) is 35.0 Å². The van der Waals surface area contributed by atoms with E-state index in [9.17, 15) is 9.59 Å². The van der Waals surface area contributed by atoms with Gasteiger partial charge in [-0.2, -0.15) is 0 Å². The van der Waals surface area contributed by atoms with E-state index < -0.39 is 5.97 Å². The van der Waals surface area contributed by atoms with Gasteiger partial charge in [0.2, 0.25) is 5.91 Å². The minimum Gasteiger partial charge on any atom is -0.481 e. The third kappa shape index (κ3) is 2.57. The van der Waals surface area contributed by atoms with Crippen LogP contribution in [0.4, 0.5) is 0 Å². The number of likely N-dealkylation sites (tertiary alicyclic amines) is 1. The average Bonchev–Trinajstić information content (AvgIpc) is 3.19. The van der Waals surface area contributed by atoms with E-state index in [2.05, 4.69) is 0 Å². The summed E-state index contributed by atoms with van der Waals surface area (Å²) in [6.07, 6.45) is 9.64. The molecular formula is C16H25NO3. The fourth-order valence-electron chi connectivity index (χ4n) is 4.21. The molecule has 3 aliphatic rings. The highest BCUT2D eigenvalue weighted by molar-refractivity contribution is 5.79. The molecule has 2 aliphatic carbocycles. The monoisotopic (exact) mass is 279 g/mol. The van der Waals surface area contributed by atoms with Gasteiger partial charge in [0, 0.05) is 19.0 Å². The molecule has 4 nitrogen and oxygen atoms in total. The lowest BCUT2D eigenvalue weighted by Crippen LogP contribution is -2.42. The maximum atomic E-state index is 12.6. The number of nitrogens with zero attached hydrogens (tertiary/aromatic N) is 1. The number of hydrogen-bond acceptors (Lipinski definition) is 2. The highest BCUT2D eigenvalue weighted by Gasteiger charge is 2.59. The Morgan fingerprint density at radius 3 is 2.10 bits per heavy atom. The fourth-order valence-corrected chi connectivity index (χ4v) is 4.21. The van der Waals surface area contributed by atoms with Crippen molar-refractivity contribution in [2.45, 2.75) is 57.8 Å². The van der Waals surface area contributed by atoms with Crippen molar-refractivity contribution in [1.82, 2.24) is 4.90 Å². The topological polar surface area (TPSA) is 57.6 Å². The Bertz CT molecular complexity index is 391. The van der Waals surface area contributed by atoms with E-state index in [0.29, 0.717) is 5.91 Å². The molecule has 0 bridgehead atoms. The molecule has 1 N–H and O–H groups in total. The summed E-state index contributed by atoms with van der Waals surface area (Å²) in [5.41, 5.74) is 0.0338. The first-order chi connectivity index (χ1) is 9.62. The second-order valence-electron chi connectivity index (χ2n) is 6.97. The number of carboxylic acid groups (broad SMARTS) is 1. The Labute approximate surface area is 120 Å². The molecule has 1 aliphatic heterocycles. The third-order valence-electron chi connectivity index (χ3n) is 5.76. The van der Waals surface area contributed by atoms with E-state index in [-0.39, 0.29) is 17.3 Å². The predicted molar refractivity (Wildman–Crippen MR) is 75.2 cm³/mol. The maximum Gasteiger partial charge on any atom is 0.307 e. The van der Waals surface area contributed by atoms with Gasteiger partial charge in [0.25, 0.3) is 0 Å². The quantitative estimate of drug-likeness (QED) is 0.791. The van der Waals surface area contributed by atoms with Gasteiger partial charge in [-0.1, -0.05) is 25.7 Å². The highest BCUT2D eigenvalue weighted by atomic mass is 16.4. The fraction of sp³-hybridized carbons (Fsp3) is 0.875. The van der Waals surface area contributed by atoms with Gasteiger partial charge >= 0.3 is 5.97 Å². The zero-order chi connectivity index (χ0) is 14.2. The summed E-state index contributed by atoms with van der Waals surface area (Å²) in [5, 5.41) is 9.10. The van der Waals surface area contributed by atoms with E-state index >= 15 is 0 Å². The molecule has 0 aromatic carbocycles. The minimum absolute atomic E-state index is 0.0338. The zero-order valence-corrected chi connectivity index (χ0v) is 12.1. The normalized spacial score (nSPS) is 30.0. The van der Waals surface area contributed by atoms with Crippen LogP contribution < -0.4 is 0 Å². The Morgan fingerprint density at radius 1 is 1.00 bits per heavy atom. The van der Waals surface area contributed by atoms with Crippen LogP contribution in [0.15, 0.2) is 0 Å². The number of rotatable bonds is 2. The number of amides is 1. The lowest BCUT2D eigenvalue weighted by molar-refractivity contribution is -0.140. The lowest BCUT2D eigenvalue weighted by atomic mass is 9.89. The summed E-state index contributed by atoms with van der Waals surface area (Å²) < 4.78 is 0. The Balaban J connectivity index is 1.53. The molecule has 1 heterocycles. The van der Waals surface area contributed by atoms with Crippen LogP contribution in [0.5, 0.6) is 0 Å². The summed E-state index contributed by atoms with van der Waals surface area (Å²) in [5.74, 6) is -0.207. The van der Waals surface area contributed by atoms with Gasteiger partial charge in [0.15, 0.2) is 0 Å². The Hall–Kier alpha value is -1.06. The van der Waals surface area contributed by atoms with Crippen LogP contribution in [0, 0.1) is 17.3 Å². The molecule has 112 valence electrons. The van der Waals surface area contributed by atoms with Crippen LogP contribution in [0.1, 0.15) is 57.8 Å². The second kappa shape index (κ2) is 5.38. The van der Waals surface area contributed by atoms with Crippen LogP contribution in [0.25, 0.3) is 0 Å². The van der Waals surface area contributed by atoms with Crippen molar-refractivity contribution in [2.24, 2.45) is 17.3 Å². The largest absolute Gasteiger partial charge is 0.481 e. The van der Waals surface area contributed by atoms with E-state index in [0.717, 1.165) is 45.2 Å². The van der Waals surface area contributed by atoms with Gasteiger partial charge in [-0.15, -0.1) is 0 Å². The SMILES string of the molecule is O=C(O)C1CC12CCN(C(=O)C1CCCCCC1)CC2. The number of carboxylic acids is 1. The number of hydrogen-bond donors (Lipinski definition) is 1. The second-order valence-corrected chi connectivity index (χ2v) is 6.97. The minimum atomic E-state index is -0.645. The number of piperidine rings is 1. The van der Waals surface area contributed by atoms with E-state index in [1.54, 1.807) is 0 Å². The molecule has 4 heteroatoms. The molecule has 3 fully saturated rings. The van der Waals surface area contributed by atoms with Crippen molar-refractivity contribution >= 4 is 11.9 Å². The van der Waals surface area contributed by atoms with Crippen molar-refractivity contribution < 1.29 is 14.7 Å². The molecule has 0 aromatic heterocycles. The maximum absolute atomic E-state index is 12.6. The van der Waals surface area contributed by atoms with Gasteiger partial charge in [0.1, 0.15) is 0 Å². The number of carbonyl (C=O) groups excluding carboxylic acids is 1. The average molecular weight is 279 g/mol. The first-order valence-electron chi connectivity index (χ1n) is 8.14. The van der Waals surface area contributed by atoms with Gasteiger partial charge < -0.3 is 10.0 Å². The third-order valence-corrected chi connectivity index (χ3v) is 5.76. The first kappa shape index (κ1) is 13.9. The summed E-state index contributed by atoms with van der Waals surface area (Å²) in [4.78, 5) is 25.6. The van der Waals surface area contributed by atoms with Crippen LogP contribution in [0.2, 0.25) is 0 Å². The molecule has 0 radical (unpaired) electrons. The molecule has 1 spiro atoms. The standard InChI is InChI=1S/C16H25NO3/c18-14(12-5-3-1-2-4-6-12)17-9-7-16(8-10-17)11-13(16)15(19)20/h12-13H,1-11H2,(H,19,20). The van der Waals surface area contributed by atoms with Gasteiger partial charge in [-0.05, 0) is 37.5 Å². The molecule has 1 atom stereocenters. The first-order valence-corrected chi connectivity index (χ1v) is 8.14. The van der Waals surface area contributed by atoms with Crippen molar-refractivity contribution in [1.29, 1.82) is 0 Å². The summed E-state index contributed by atoms with van der Waals surface area (Å²) in [7, 11) is 0. The molecule has 1 amide bonds. The summed E-state index contributed by atoms with van der Waals surface area (Å²) >= 11 is 0. The molecule has 20 heavy (non-hydrogen) atoms. The number of carbonyl (C=O) groups is 2. The van der Waals surface area contributed by atoms with Crippen LogP contribution in [0.3, 0.4) is 0 Å². The molecule has 3 rings (SSSR count). The predicted octanol–water partition coefficient (Wildman–Crippen LogP) is 2.67. The van der Waals surface area contributed by atoms with Crippen molar-refractivity contribution in [3.8, 4) is 0 Å². The summed E-state index contributed by atoms with van der Waals surface area (Å²) in [6, 6.07) is 0. The molecule has 2 saturated carbocycles. The van der Waals surface area contributed by atoms with Crippen molar-refractivity contribution in [2.75, 3.05) is 13.1 Å². The van der Waals surface area contributed by atoms with E-state index in [1.165, 1.54) is 25.7 Å². The molecule has 1 unspecified atom stereocenters. The number of aliphatic carboxylic acids is 1. The van der Waals surface area contributed by atoms with E-state index in [4.69, 9.17) is 5.11 Å². The van der Waals surface area contributed by atoms with Crippen molar-refractivity contribution in [3.05, 3.63) is 0 Å². The van der Waals surface area contributed by atoms with Crippen LogP contribution >= 0.6 is 0 Å². The summed E-state index contributed by atoms with van der Waals surface area (Å²) in [6.45, 7) is 1.55. The molecular weight excluding hydrogens is 254 g/mol. The Kier molecular flexibility index (Phi) is 3.74. The Morgan fingerprint density at radius 2 is 1.60 bits per heavy atom. The van der Waals surface area contributed by atoms with E-state index in [1.807, 2.05) is 4.90 Å². The highest BCUT2D eigenvalue weighted by Crippen LogP contribution is 2.59. The van der Waals surface area contributed by atoms with Crippen molar-refractivity contribution in [3.63, 3.8) is 0 Å². The lowest BCUT2D eigenvalue weighted by Gasteiger charge is -2.34. The molecule has 0 aromatic rings. The van der Waals surface area contributed by atoms with Gasteiger partial charge in [-0.3, -0.25) is 9.59 Å².